The molecule has 3 rings (SSSR count). The van der Waals surface area contributed by atoms with Crippen LogP contribution in [0, 0.1) is 0 Å². The van der Waals surface area contributed by atoms with Crippen molar-refractivity contribution in [3.05, 3.63) is 72.1 Å². The lowest BCUT2D eigenvalue weighted by molar-refractivity contribution is 0.0685. The van der Waals surface area contributed by atoms with Crippen LogP contribution in [-0.4, -0.2) is 32.1 Å². The molecule has 6 nitrogen and oxygen atoms in total. The molecule has 2 aromatic heterocycles. The number of benzene rings is 1. The fourth-order valence-corrected chi connectivity index (χ4v) is 2.22. The number of pyridine rings is 2. The second kappa shape index (κ2) is 6.29. The Bertz CT molecular complexity index is 830. The Balaban J connectivity index is 1.94. The maximum absolute atomic E-state index is 10.9. The van der Waals surface area contributed by atoms with Crippen LogP contribution in [0.3, 0.4) is 0 Å². The van der Waals surface area contributed by atoms with E-state index in [4.69, 9.17) is 10.2 Å². The largest absolute Gasteiger partial charge is 0.478 e. The molecule has 2 heterocycles. The maximum atomic E-state index is 10.9. The number of carboxylic acids is 2. The minimum atomic E-state index is -1.02. The lowest BCUT2D eigenvalue weighted by Crippen LogP contribution is -1.97. The van der Waals surface area contributed by atoms with E-state index in [9.17, 15) is 9.59 Å². The summed E-state index contributed by atoms with van der Waals surface area (Å²) >= 11 is 0. The molecule has 118 valence electrons. The van der Waals surface area contributed by atoms with Crippen molar-refractivity contribution in [3.63, 3.8) is 0 Å². The minimum Gasteiger partial charge on any atom is -0.478 e. The van der Waals surface area contributed by atoms with E-state index >= 15 is 0 Å². The number of carbonyl (C=O) groups is 2. The first-order valence-corrected chi connectivity index (χ1v) is 7.04. The van der Waals surface area contributed by atoms with Gasteiger partial charge in [0.05, 0.1) is 22.5 Å². The predicted molar refractivity (Wildman–Crippen MR) is 86.8 cm³/mol. The molecule has 24 heavy (non-hydrogen) atoms. The molecule has 0 spiro atoms. The Kier molecular flexibility index (Phi) is 4.03. The third-order valence-corrected chi connectivity index (χ3v) is 3.47. The summed E-state index contributed by atoms with van der Waals surface area (Å²) in [5.74, 6) is -2.05. The number of rotatable bonds is 4. The Morgan fingerprint density at radius 2 is 1.17 bits per heavy atom. The van der Waals surface area contributed by atoms with E-state index in [2.05, 4.69) is 9.97 Å². The number of hydrogen-bond donors (Lipinski definition) is 2. The van der Waals surface area contributed by atoms with Crippen LogP contribution in [-0.2, 0) is 0 Å². The summed E-state index contributed by atoms with van der Waals surface area (Å²) < 4.78 is 0. The zero-order valence-electron chi connectivity index (χ0n) is 12.4. The number of aromatic carboxylic acids is 2. The highest BCUT2D eigenvalue weighted by atomic mass is 16.4. The summed E-state index contributed by atoms with van der Waals surface area (Å²) in [5.41, 5.74) is 3.16. The van der Waals surface area contributed by atoms with Gasteiger partial charge in [-0.05, 0) is 30.3 Å². The first-order chi connectivity index (χ1) is 11.5. The van der Waals surface area contributed by atoms with Gasteiger partial charge in [0.1, 0.15) is 0 Å². The molecular formula is C18H12N2O4. The molecule has 0 aliphatic carbocycles. The zero-order valence-corrected chi connectivity index (χ0v) is 12.4. The molecule has 0 atom stereocenters. The molecular weight excluding hydrogens is 308 g/mol. The normalized spacial score (nSPS) is 10.3. The van der Waals surface area contributed by atoms with Crippen molar-refractivity contribution < 1.29 is 19.8 Å². The van der Waals surface area contributed by atoms with Crippen molar-refractivity contribution in [2.75, 3.05) is 0 Å². The van der Waals surface area contributed by atoms with E-state index in [1.54, 1.807) is 12.1 Å². The SMILES string of the molecule is O=C(O)c1ccc(-c2cccc(-c3ccc(C(=O)O)cn3)c2)nc1. The summed E-state index contributed by atoms with van der Waals surface area (Å²) in [4.78, 5) is 30.1. The second-order valence-electron chi connectivity index (χ2n) is 5.06. The van der Waals surface area contributed by atoms with Gasteiger partial charge in [0.15, 0.2) is 0 Å². The van der Waals surface area contributed by atoms with Gasteiger partial charge in [-0.15, -0.1) is 0 Å². The van der Waals surface area contributed by atoms with Crippen LogP contribution in [0.25, 0.3) is 22.5 Å². The summed E-state index contributed by atoms with van der Waals surface area (Å²) in [6.45, 7) is 0. The zero-order chi connectivity index (χ0) is 17.1. The summed E-state index contributed by atoms with van der Waals surface area (Å²) in [6, 6.07) is 13.7. The van der Waals surface area contributed by atoms with Gasteiger partial charge < -0.3 is 10.2 Å². The molecule has 0 saturated heterocycles. The lowest BCUT2D eigenvalue weighted by Gasteiger charge is -2.05. The number of aromatic nitrogens is 2. The van der Waals surface area contributed by atoms with Gasteiger partial charge in [-0.1, -0.05) is 18.2 Å². The first-order valence-electron chi connectivity index (χ1n) is 7.04. The Labute approximate surface area is 137 Å². The van der Waals surface area contributed by atoms with E-state index in [-0.39, 0.29) is 11.1 Å². The summed E-state index contributed by atoms with van der Waals surface area (Å²) in [6.07, 6.45) is 2.62. The van der Waals surface area contributed by atoms with Crippen LogP contribution < -0.4 is 0 Å². The smallest absolute Gasteiger partial charge is 0.337 e. The maximum Gasteiger partial charge on any atom is 0.337 e. The van der Waals surface area contributed by atoms with E-state index in [1.165, 1.54) is 24.5 Å². The molecule has 0 aliphatic heterocycles. The van der Waals surface area contributed by atoms with Crippen molar-refractivity contribution in [2.24, 2.45) is 0 Å². The van der Waals surface area contributed by atoms with Gasteiger partial charge in [0, 0.05) is 23.5 Å². The molecule has 6 heteroatoms. The molecule has 0 amide bonds. The highest BCUT2D eigenvalue weighted by Crippen LogP contribution is 2.24. The predicted octanol–water partition coefficient (Wildman–Crippen LogP) is 3.21. The molecule has 1 aromatic carbocycles. The minimum absolute atomic E-state index is 0.126. The molecule has 2 N–H and O–H groups in total. The third-order valence-electron chi connectivity index (χ3n) is 3.47. The van der Waals surface area contributed by atoms with E-state index in [0.717, 1.165) is 11.1 Å². The second-order valence-corrected chi connectivity index (χ2v) is 5.06. The Morgan fingerprint density at radius 1 is 0.708 bits per heavy atom. The van der Waals surface area contributed by atoms with Gasteiger partial charge in [0.2, 0.25) is 0 Å². The van der Waals surface area contributed by atoms with Crippen LogP contribution in [0.5, 0.6) is 0 Å². The summed E-state index contributed by atoms with van der Waals surface area (Å²) in [5, 5.41) is 17.8. The monoisotopic (exact) mass is 320 g/mol. The molecule has 3 aromatic rings. The van der Waals surface area contributed by atoms with Crippen molar-refractivity contribution >= 4 is 11.9 Å². The Morgan fingerprint density at radius 3 is 1.50 bits per heavy atom. The highest BCUT2D eigenvalue weighted by molar-refractivity contribution is 5.88. The van der Waals surface area contributed by atoms with Crippen molar-refractivity contribution in [3.8, 4) is 22.5 Å². The van der Waals surface area contributed by atoms with Crippen LogP contribution in [0.4, 0.5) is 0 Å². The van der Waals surface area contributed by atoms with Gasteiger partial charge >= 0.3 is 11.9 Å². The van der Waals surface area contributed by atoms with E-state index < -0.39 is 11.9 Å². The quantitative estimate of drug-likeness (QED) is 0.765. The topological polar surface area (TPSA) is 100 Å². The third kappa shape index (κ3) is 3.12. The fraction of sp³-hybridized carbons (Fsp3) is 0. The van der Waals surface area contributed by atoms with Gasteiger partial charge in [0.25, 0.3) is 0 Å². The molecule has 0 radical (unpaired) electrons. The standard InChI is InChI=1S/C18H12N2O4/c21-17(22)13-4-6-15(19-9-13)11-2-1-3-12(8-11)16-7-5-14(10-20-16)18(23)24/h1-10H,(H,21,22)(H,23,24). The number of carboxylic acid groups (broad SMARTS) is 2. The van der Waals surface area contributed by atoms with Gasteiger partial charge in [-0.3, -0.25) is 9.97 Å². The van der Waals surface area contributed by atoms with Crippen LogP contribution >= 0.6 is 0 Å². The van der Waals surface area contributed by atoms with Crippen LogP contribution in [0.1, 0.15) is 20.7 Å². The number of nitrogens with zero attached hydrogens (tertiary/aromatic N) is 2. The average Bonchev–Trinajstić information content (AvgIpc) is 2.62. The Hall–Kier alpha value is -3.54. The highest BCUT2D eigenvalue weighted by Gasteiger charge is 2.08. The molecule has 0 aliphatic rings. The van der Waals surface area contributed by atoms with Crippen LogP contribution in [0.2, 0.25) is 0 Å². The average molecular weight is 320 g/mol. The van der Waals surface area contributed by atoms with Gasteiger partial charge in [-0.25, -0.2) is 9.59 Å². The fourth-order valence-electron chi connectivity index (χ4n) is 2.22. The summed E-state index contributed by atoms with van der Waals surface area (Å²) in [7, 11) is 0. The first kappa shape index (κ1) is 15.4. The van der Waals surface area contributed by atoms with Crippen LogP contribution in [0.15, 0.2) is 60.9 Å². The molecule has 0 fully saturated rings. The molecule has 0 unspecified atom stereocenters. The van der Waals surface area contributed by atoms with Crippen molar-refractivity contribution in [1.82, 2.24) is 9.97 Å². The van der Waals surface area contributed by atoms with Crippen molar-refractivity contribution in [1.29, 1.82) is 0 Å². The van der Waals surface area contributed by atoms with E-state index in [0.29, 0.717) is 11.4 Å². The van der Waals surface area contributed by atoms with E-state index in [1.807, 2.05) is 24.3 Å². The molecule has 0 saturated carbocycles. The molecule has 0 bridgehead atoms. The van der Waals surface area contributed by atoms with Crippen molar-refractivity contribution in [2.45, 2.75) is 0 Å². The lowest BCUT2D eigenvalue weighted by atomic mass is 10.0. The van der Waals surface area contributed by atoms with Gasteiger partial charge in [-0.2, -0.15) is 0 Å². The number of hydrogen-bond acceptors (Lipinski definition) is 4.